The largest absolute Gasteiger partial charge is 0.325 e. The van der Waals surface area contributed by atoms with Crippen LogP contribution in [0.4, 0.5) is 0 Å². The van der Waals surface area contributed by atoms with Gasteiger partial charge in [-0.1, -0.05) is 59.2 Å². The minimum atomic E-state index is -0.260. The Bertz CT molecular complexity index is 285. The van der Waals surface area contributed by atoms with Gasteiger partial charge in [0, 0.05) is 5.54 Å². The quantitative estimate of drug-likeness (QED) is 0.725. The van der Waals surface area contributed by atoms with Gasteiger partial charge in [0.25, 0.3) is 0 Å². The average Bonchev–Trinajstić information content (AvgIpc) is 2.30. The Hall–Kier alpha value is 0.0249. The van der Waals surface area contributed by atoms with Gasteiger partial charge in [-0.05, 0) is 37.0 Å². The van der Waals surface area contributed by atoms with Crippen LogP contribution in [-0.2, 0) is 0 Å². The van der Waals surface area contributed by atoms with E-state index in [0.717, 1.165) is 18.8 Å². The van der Waals surface area contributed by atoms with Crippen molar-refractivity contribution in [3.8, 4) is 0 Å². The molecule has 2 heteroatoms. The second kappa shape index (κ2) is 5.19. The lowest BCUT2D eigenvalue weighted by molar-refractivity contribution is 0.0374. The van der Waals surface area contributed by atoms with E-state index in [9.17, 15) is 0 Å². The molecule has 0 aromatic carbocycles. The minimum Gasteiger partial charge on any atom is -0.325 e. The molecule has 5 atom stereocenters. The Morgan fingerprint density at radius 3 is 2.22 bits per heavy atom. The van der Waals surface area contributed by atoms with Crippen molar-refractivity contribution in [1.82, 2.24) is 0 Å². The SMILES string of the molecule is [B]C1(C)CC(CC)C(C)(CC)C(C)CCC1(C)N. The molecule has 1 fully saturated rings. The van der Waals surface area contributed by atoms with Crippen molar-refractivity contribution >= 4 is 7.85 Å². The molecule has 1 saturated carbocycles. The van der Waals surface area contributed by atoms with Crippen LogP contribution in [0, 0.1) is 17.3 Å². The Labute approximate surface area is 116 Å². The van der Waals surface area contributed by atoms with Crippen LogP contribution in [0.25, 0.3) is 0 Å². The molecule has 1 rings (SSSR count). The van der Waals surface area contributed by atoms with E-state index in [1.54, 1.807) is 0 Å². The highest BCUT2D eigenvalue weighted by atomic mass is 14.8. The van der Waals surface area contributed by atoms with Crippen LogP contribution < -0.4 is 5.73 Å². The summed E-state index contributed by atoms with van der Waals surface area (Å²) in [6, 6.07) is 0. The number of hydrogen-bond donors (Lipinski definition) is 1. The Morgan fingerprint density at radius 1 is 1.22 bits per heavy atom. The van der Waals surface area contributed by atoms with Gasteiger partial charge in [0.1, 0.15) is 0 Å². The molecule has 1 nitrogen and oxygen atoms in total. The fourth-order valence-corrected chi connectivity index (χ4v) is 3.76. The fraction of sp³-hybridized carbons (Fsp3) is 1.00. The first-order valence-electron chi connectivity index (χ1n) is 7.68. The molecule has 0 amide bonds. The van der Waals surface area contributed by atoms with Crippen LogP contribution in [0.1, 0.15) is 73.6 Å². The van der Waals surface area contributed by atoms with E-state index in [2.05, 4.69) is 41.5 Å². The number of rotatable bonds is 2. The topological polar surface area (TPSA) is 26.0 Å². The molecule has 0 bridgehead atoms. The van der Waals surface area contributed by atoms with E-state index in [1.807, 2.05) is 0 Å². The third-order valence-electron chi connectivity index (χ3n) is 6.38. The predicted octanol–water partition coefficient (Wildman–Crippen LogP) is 4.31. The summed E-state index contributed by atoms with van der Waals surface area (Å²) < 4.78 is 0. The van der Waals surface area contributed by atoms with Crippen molar-refractivity contribution in [3.63, 3.8) is 0 Å². The third-order valence-corrected chi connectivity index (χ3v) is 6.38. The first-order chi connectivity index (χ1) is 8.10. The van der Waals surface area contributed by atoms with Crippen molar-refractivity contribution in [1.29, 1.82) is 0 Å². The number of nitrogens with two attached hydrogens (primary N) is 1. The highest BCUT2D eigenvalue weighted by molar-refractivity contribution is 6.16. The second-order valence-corrected chi connectivity index (χ2v) is 7.44. The summed E-state index contributed by atoms with van der Waals surface area (Å²) in [5.41, 5.74) is 6.67. The molecule has 0 heterocycles. The molecule has 18 heavy (non-hydrogen) atoms. The van der Waals surface area contributed by atoms with E-state index in [0.29, 0.717) is 11.3 Å². The Balaban J connectivity index is 3.11. The summed E-state index contributed by atoms with van der Waals surface area (Å²) in [5.74, 6) is 1.40. The zero-order valence-electron chi connectivity index (χ0n) is 13.3. The van der Waals surface area contributed by atoms with Gasteiger partial charge in [-0.15, -0.1) is 0 Å². The lowest BCUT2D eigenvalue weighted by atomic mass is 9.48. The molecule has 5 unspecified atom stereocenters. The summed E-state index contributed by atoms with van der Waals surface area (Å²) >= 11 is 0. The van der Waals surface area contributed by atoms with E-state index in [-0.39, 0.29) is 10.9 Å². The van der Waals surface area contributed by atoms with E-state index in [1.165, 1.54) is 19.3 Å². The minimum absolute atomic E-state index is 0.246. The summed E-state index contributed by atoms with van der Waals surface area (Å²) in [6.45, 7) is 13.8. The number of hydrogen-bond acceptors (Lipinski definition) is 1. The highest BCUT2D eigenvalue weighted by Crippen LogP contribution is 2.54. The first kappa shape index (κ1) is 16.1. The summed E-state index contributed by atoms with van der Waals surface area (Å²) in [4.78, 5) is 0. The zero-order valence-corrected chi connectivity index (χ0v) is 13.3. The molecule has 0 aliphatic heterocycles. The maximum Gasteiger partial charge on any atom is 0.0767 e. The maximum atomic E-state index is 6.59. The molecular formula is C16H32BN. The van der Waals surface area contributed by atoms with Crippen LogP contribution >= 0.6 is 0 Å². The predicted molar refractivity (Wildman–Crippen MR) is 81.9 cm³/mol. The second-order valence-electron chi connectivity index (χ2n) is 7.44. The lowest BCUT2D eigenvalue weighted by Gasteiger charge is -2.53. The van der Waals surface area contributed by atoms with E-state index in [4.69, 9.17) is 13.6 Å². The van der Waals surface area contributed by atoms with Gasteiger partial charge in [-0.2, -0.15) is 0 Å². The molecule has 1 aliphatic carbocycles. The van der Waals surface area contributed by atoms with E-state index < -0.39 is 0 Å². The van der Waals surface area contributed by atoms with Crippen molar-refractivity contribution in [2.24, 2.45) is 23.0 Å². The van der Waals surface area contributed by atoms with Crippen molar-refractivity contribution in [3.05, 3.63) is 0 Å². The third kappa shape index (κ3) is 2.64. The van der Waals surface area contributed by atoms with Gasteiger partial charge >= 0.3 is 0 Å². The van der Waals surface area contributed by atoms with E-state index >= 15 is 0 Å². The van der Waals surface area contributed by atoms with Crippen molar-refractivity contribution in [2.75, 3.05) is 0 Å². The van der Waals surface area contributed by atoms with Crippen LogP contribution in [0.3, 0.4) is 0 Å². The molecule has 0 saturated heterocycles. The van der Waals surface area contributed by atoms with Gasteiger partial charge < -0.3 is 5.73 Å². The van der Waals surface area contributed by atoms with Gasteiger partial charge in [-0.3, -0.25) is 0 Å². The maximum absolute atomic E-state index is 6.59. The molecule has 1 aliphatic rings. The Morgan fingerprint density at radius 2 is 1.78 bits per heavy atom. The van der Waals surface area contributed by atoms with Crippen molar-refractivity contribution < 1.29 is 0 Å². The summed E-state index contributed by atoms with van der Waals surface area (Å²) in [7, 11) is 6.59. The lowest BCUT2D eigenvalue weighted by Crippen LogP contribution is -2.52. The van der Waals surface area contributed by atoms with Crippen LogP contribution in [0.15, 0.2) is 0 Å². The van der Waals surface area contributed by atoms with Gasteiger partial charge in [0.05, 0.1) is 7.85 Å². The molecule has 2 N–H and O–H groups in total. The molecule has 0 spiro atoms. The summed E-state index contributed by atoms with van der Waals surface area (Å²) in [6.07, 6.45) is 5.72. The molecule has 2 radical (unpaired) electrons. The van der Waals surface area contributed by atoms with Crippen LogP contribution in [0.5, 0.6) is 0 Å². The smallest absolute Gasteiger partial charge is 0.0767 e. The fourth-order valence-electron chi connectivity index (χ4n) is 3.76. The molecule has 0 aromatic heterocycles. The Kier molecular flexibility index (Phi) is 4.64. The molecule has 0 aromatic rings. The first-order valence-corrected chi connectivity index (χ1v) is 7.68. The summed E-state index contributed by atoms with van der Waals surface area (Å²) in [5, 5.41) is -0.260. The van der Waals surface area contributed by atoms with Crippen LogP contribution in [-0.4, -0.2) is 13.4 Å². The monoisotopic (exact) mass is 249 g/mol. The highest BCUT2D eigenvalue weighted by Gasteiger charge is 2.46. The molecular weight excluding hydrogens is 217 g/mol. The molecule has 104 valence electrons. The van der Waals surface area contributed by atoms with Gasteiger partial charge in [0.15, 0.2) is 0 Å². The van der Waals surface area contributed by atoms with Crippen molar-refractivity contribution in [2.45, 2.75) is 84.5 Å². The standard InChI is InChI=1S/C16H32BN/c1-7-13-11-15(5,17)16(6,18)10-9-12(3)14(13,4)8-2/h12-13H,7-11,18H2,1-6H3. The van der Waals surface area contributed by atoms with Crippen LogP contribution in [0.2, 0.25) is 5.31 Å². The average molecular weight is 249 g/mol. The zero-order chi connectivity index (χ0) is 14.2. The van der Waals surface area contributed by atoms with Gasteiger partial charge in [0.2, 0.25) is 0 Å². The van der Waals surface area contributed by atoms with Gasteiger partial charge in [-0.25, -0.2) is 0 Å². The normalized spacial score (nSPS) is 50.6.